The molecule has 138 valence electrons. The smallest absolute Gasteiger partial charge is 0.224 e. The molecule has 1 aliphatic rings. The molecule has 0 aromatic heterocycles. The molecule has 2 aromatic rings. The number of nitrogens with one attached hydrogen (secondary N) is 1. The van der Waals surface area contributed by atoms with Crippen LogP contribution < -0.4 is 5.32 Å². The topological polar surface area (TPSA) is 32.3 Å². The number of carbonyl (C=O) groups excluding carboxylic acids is 1. The van der Waals surface area contributed by atoms with Crippen molar-refractivity contribution in [2.24, 2.45) is 5.92 Å². The predicted molar refractivity (Wildman–Crippen MR) is 107 cm³/mol. The van der Waals surface area contributed by atoms with E-state index in [-0.39, 0.29) is 17.9 Å². The first kappa shape index (κ1) is 18.7. The molecule has 0 saturated carbocycles. The van der Waals surface area contributed by atoms with Crippen LogP contribution in [0.5, 0.6) is 0 Å². The van der Waals surface area contributed by atoms with E-state index in [9.17, 15) is 4.79 Å². The fourth-order valence-corrected chi connectivity index (χ4v) is 3.72. The second-order valence-electron chi connectivity index (χ2n) is 7.49. The van der Waals surface area contributed by atoms with Gasteiger partial charge in [0.1, 0.15) is 0 Å². The fourth-order valence-electron chi connectivity index (χ4n) is 3.72. The lowest BCUT2D eigenvalue weighted by Crippen LogP contribution is -2.45. The first-order valence-corrected chi connectivity index (χ1v) is 9.81. The molecule has 0 radical (unpaired) electrons. The molecule has 3 nitrogen and oxygen atoms in total. The minimum atomic E-state index is 0.117. The molecule has 0 spiro atoms. The molecule has 26 heavy (non-hydrogen) atoms. The van der Waals surface area contributed by atoms with Crippen LogP contribution in [-0.4, -0.2) is 29.9 Å². The summed E-state index contributed by atoms with van der Waals surface area (Å²) in [7, 11) is 0. The van der Waals surface area contributed by atoms with Crippen molar-refractivity contribution in [3.63, 3.8) is 0 Å². The molecular formula is C23H30N2O. The molecule has 2 aromatic carbocycles. The molecule has 1 N–H and O–H groups in total. The van der Waals surface area contributed by atoms with Gasteiger partial charge in [0.15, 0.2) is 0 Å². The van der Waals surface area contributed by atoms with E-state index in [1.165, 1.54) is 11.1 Å². The molecule has 1 saturated heterocycles. The molecule has 2 atom stereocenters. The number of amides is 1. The normalized spacial score (nSPS) is 19.0. The average Bonchev–Trinajstić information content (AvgIpc) is 2.68. The van der Waals surface area contributed by atoms with Gasteiger partial charge in [0, 0.05) is 19.1 Å². The largest absolute Gasteiger partial charge is 0.353 e. The molecule has 1 aliphatic heterocycles. The maximum atomic E-state index is 12.7. The Balaban J connectivity index is 1.44. The van der Waals surface area contributed by atoms with Crippen molar-refractivity contribution in [3.05, 3.63) is 71.8 Å². The van der Waals surface area contributed by atoms with Crippen molar-refractivity contribution in [2.45, 2.75) is 45.2 Å². The van der Waals surface area contributed by atoms with E-state index in [1.807, 2.05) is 12.1 Å². The van der Waals surface area contributed by atoms with Crippen molar-refractivity contribution >= 4 is 5.91 Å². The number of rotatable bonds is 7. The summed E-state index contributed by atoms with van der Waals surface area (Å²) in [6, 6.07) is 21.2. The van der Waals surface area contributed by atoms with Crippen LogP contribution in [0.15, 0.2) is 60.7 Å². The van der Waals surface area contributed by atoms with Crippen molar-refractivity contribution in [1.29, 1.82) is 0 Å². The van der Waals surface area contributed by atoms with E-state index in [0.29, 0.717) is 0 Å². The molecule has 1 fully saturated rings. The Kier molecular flexibility index (Phi) is 6.84. The number of benzene rings is 2. The van der Waals surface area contributed by atoms with Crippen LogP contribution in [0.1, 0.15) is 37.3 Å². The van der Waals surface area contributed by atoms with E-state index < -0.39 is 0 Å². The van der Waals surface area contributed by atoms with E-state index in [0.717, 1.165) is 45.3 Å². The highest BCUT2D eigenvalue weighted by atomic mass is 16.2. The van der Waals surface area contributed by atoms with Crippen LogP contribution in [0.3, 0.4) is 0 Å². The number of hydrogen-bond donors (Lipinski definition) is 1. The van der Waals surface area contributed by atoms with Crippen LogP contribution in [-0.2, 0) is 17.8 Å². The van der Waals surface area contributed by atoms with Gasteiger partial charge in [0.25, 0.3) is 0 Å². The van der Waals surface area contributed by atoms with E-state index in [4.69, 9.17) is 0 Å². The number of hydrogen-bond acceptors (Lipinski definition) is 2. The Morgan fingerprint density at radius 1 is 1.08 bits per heavy atom. The third kappa shape index (κ3) is 5.70. The SMILES string of the molecule is CC(CCc1ccccc1)NC(=O)C1CCCN(Cc2ccccc2)C1. The summed E-state index contributed by atoms with van der Waals surface area (Å²) in [5, 5.41) is 3.24. The monoisotopic (exact) mass is 350 g/mol. The van der Waals surface area contributed by atoms with Crippen molar-refractivity contribution in [1.82, 2.24) is 10.2 Å². The second-order valence-corrected chi connectivity index (χ2v) is 7.49. The molecule has 1 amide bonds. The zero-order chi connectivity index (χ0) is 18.2. The summed E-state index contributed by atoms with van der Waals surface area (Å²) in [5.41, 5.74) is 2.66. The van der Waals surface area contributed by atoms with Crippen molar-refractivity contribution < 1.29 is 4.79 Å². The van der Waals surface area contributed by atoms with Crippen molar-refractivity contribution in [2.75, 3.05) is 13.1 Å². The van der Waals surface area contributed by atoms with Gasteiger partial charge in [0.05, 0.1) is 5.92 Å². The molecule has 0 aliphatic carbocycles. The lowest BCUT2D eigenvalue weighted by atomic mass is 9.96. The number of nitrogens with zero attached hydrogens (tertiary/aromatic N) is 1. The summed E-state index contributed by atoms with van der Waals surface area (Å²) in [6.45, 7) is 5.01. The van der Waals surface area contributed by atoms with Gasteiger partial charge in [-0.15, -0.1) is 0 Å². The second kappa shape index (κ2) is 9.54. The highest BCUT2D eigenvalue weighted by Gasteiger charge is 2.26. The van der Waals surface area contributed by atoms with E-state index >= 15 is 0 Å². The quantitative estimate of drug-likeness (QED) is 0.817. The van der Waals surface area contributed by atoms with Crippen LogP contribution in [0.25, 0.3) is 0 Å². The van der Waals surface area contributed by atoms with Gasteiger partial charge < -0.3 is 5.32 Å². The third-order valence-corrected chi connectivity index (χ3v) is 5.22. The minimum absolute atomic E-state index is 0.117. The summed E-state index contributed by atoms with van der Waals surface area (Å²) in [6.07, 6.45) is 4.09. The Morgan fingerprint density at radius 2 is 1.73 bits per heavy atom. The summed E-state index contributed by atoms with van der Waals surface area (Å²) in [4.78, 5) is 15.1. The molecule has 0 bridgehead atoms. The number of piperidine rings is 1. The molecule has 3 rings (SSSR count). The highest BCUT2D eigenvalue weighted by molar-refractivity contribution is 5.79. The Hall–Kier alpha value is -2.13. The van der Waals surface area contributed by atoms with Gasteiger partial charge in [-0.2, -0.15) is 0 Å². The van der Waals surface area contributed by atoms with Crippen LogP contribution in [0.2, 0.25) is 0 Å². The van der Waals surface area contributed by atoms with Gasteiger partial charge in [-0.3, -0.25) is 9.69 Å². The third-order valence-electron chi connectivity index (χ3n) is 5.22. The van der Waals surface area contributed by atoms with Crippen molar-refractivity contribution in [3.8, 4) is 0 Å². The maximum absolute atomic E-state index is 12.7. The molecule has 2 unspecified atom stereocenters. The lowest BCUT2D eigenvalue weighted by molar-refractivity contribution is -0.127. The van der Waals surface area contributed by atoms with Gasteiger partial charge in [0.2, 0.25) is 5.91 Å². The number of carbonyl (C=O) groups is 1. The average molecular weight is 351 g/mol. The highest BCUT2D eigenvalue weighted by Crippen LogP contribution is 2.19. The first-order chi connectivity index (χ1) is 12.7. The van der Waals surface area contributed by atoms with E-state index in [1.54, 1.807) is 0 Å². The summed E-state index contributed by atoms with van der Waals surface area (Å²) < 4.78 is 0. The standard InChI is InChI=1S/C23H30N2O/c1-19(14-15-20-9-4-2-5-10-20)24-23(26)22-13-8-16-25(18-22)17-21-11-6-3-7-12-21/h2-7,9-12,19,22H,8,13-18H2,1H3,(H,24,26). The van der Waals surface area contributed by atoms with Gasteiger partial charge in [-0.05, 0) is 50.3 Å². The number of aryl methyl sites for hydroxylation is 1. The first-order valence-electron chi connectivity index (χ1n) is 9.81. The van der Waals surface area contributed by atoms with E-state index in [2.05, 4.69) is 65.7 Å². The predicted octanol–water partition coefficient (Wildman–Crippen LogP) is 4.04. The van der Waals surface area contributed by atoms with Crippen LogP contribution in [0, 0.1) is 5.92 Å². The zero-order valence-corrected chi connectivity index (χ0v) is 15.7. The summed E-state index contributed by atoms with van der Waals surface area (Å²) >= 11 is 0. The molecule has 1 heterocycles. The maximum Gasteiger partial charge on any atom is 0.224 e. The Morgan fingerprint density at radius 3 is 2.42 bits per heavy atom. The Labute approximate surface area is 157 Å². The molecule has 3 heteroatoms. The van der Waals surface area contributed by atoms with Gasteiger partial charge in [-0.25, -0.2) is 0 Å². The fraction of sp³-hybridized carbons (Fsp3) is 0.435. The molecular weight excluding hydrogens is 320 g/mol. The zero-order valence-electron chi connectivity index (χ0n) is 15.7. The van der Waals surface area contributed by atoms with Crippen LogP contribution >= 0.6 is 0 Å². The minimum Gasteiger partial charge on any atom is -0.353 e. The van der Waals surface area contributed by atoms with Gasteiger partial charge in [-0.1, -0.05) is 60.7 Å². The van der Waals surface area contributed by atoms with Gasteiger partial charge >= 0.3 is 0 Å². The Bertz CT molecular complexity index is 671. The lowest BCUT2D eigenvalue weighted by Gasteiger charge is -2.32. The van der Waals surface area contributed by atoms with Crippen LogP contribution in [0.4, 0.5) is 0 Å². The number of likely N-dealkylation sites (tertiary alicyclic amines) is 1. The summed E-state index contributed by atoms with van der Waals surface area (Å²) in [5.74, 6) is 0.343.